The number of aryl methyl sites for hydroxylation is 1. The van der Waals surface area contributed by atoms with Crippen molar-refractivity contribution in [2.45, 2.75) is 25.9 Å². The predicted molar refractivity (Wildman–Crippen MR) is 125 cm³/mol. The molecule has 1 aliphatic heterocycles. The van der Waals surface area contributed by atoms with Crippen molar-refractivity contribution in [3.05, 3.63) is 71.8 Å². The van der Waals surface area contributed by atoms with Gasteiger partial charge in [0, 0.05) is 37.2 Å². The molecule has 0 unspecified atom stereocenters. The van der Waals surface area contributed by atoms with Crippen LogP contribution in [0.15, 0.2) is 54.7 Å². The Hall–Kier alpha value is -3.39. The fourth-order valence-electron chi connectivity index (χ4n) is 4.00. The van der Waals surface area contributed by atoms with Gasteiger partial charge in [0.05, 0.1) is 24.5 Å². The van der Waals surface area contributed by atoms with Gasteiger partial charge in [0.25, 0.3) is 0 Å². The van der Waals surface area contributed by atoms with Crippen LogP contribution in [-0.2, 0) is 11.8 Å². The van der Waals surface area contributed by atoms with E-state index in [4.69, 9.17) is 17.0 Å². The van der Waals surface area contributed by atoms with Crippen molar-refractivity contribution in [1.29, 1.82) is 0 Å². The van der Waals surface area contributed by atoms with Crippen molar-refractivity contribution < 1.29 is 9.53 Å². The second kappa shape index (κ2) is 8.39. The second-order valence-electron chi connectivity index (χ2n) is 7.52. The molecule has 0 aliphatic carbocycles. The van der Waals surface area contributed by atoms with Gasteiger partial charge in [-0.25, -0.2) is 0 Å². The number of thiocarbonyl (C=S) groups is 1. The van der Waals surface area contributed by atoms with Crippen molar-refractivity contribution in [3.63, 3.8) is 0 Å². The number of nitrogens with one attached hydrogen (secondary N) is 2. The average Bonchev–Trinajstić information content (AvgIpc) is 3.27. The summed E-state index contributed by atoms with van der Waals surface area (Å²) < 4.78 is 7.59. The van der Waals surface area contributed by atoms with E-state index in [0.29, 0.717) is 16.5 Å². The molecule has 0 bridgehead atoms. The smallest absolute Gasteiger partial charge is 0.221 e. The van der Waals surface area contributed by atoms with Gasteiger partial charge in [-0.1, -0.05) is 6.07 Å². The lowest BCUT2D eigenvalue weighted by molar-refractivity contribution is -0.114. The molecule has 7 nitrogen and oxygen atoms in total. The number of carbonyl (C=O) groups is 1. The molecule has 31 heavy (non-hydrogen) atoms. The van der Waals surface area contributed by atoms with Crippen LogP contribution in [0.2, 0.25) is 0 Å². The first-order valence-corrected chi connectivity index (χ1v) is 10.4. The number of carbonyl (C=O) groups excluding carboxylic acids is 1. The van der Waals surface area contributed by atoms with Crippen LogP contribution in [0.5, 0.6) is 5.75 Å². The van der Waals surface area contributed by atoms with Crippen molar-refractivity contribution >= 4 is 34.6 Å². The van der Waals surface area contributed by atoms with Crippen molar-refractivity contribution in [1.82, 2.24) is 14.9 Å². The van der Waals surface area contributed by atoms with E-state index in [1.165, 1.54) is 6.92 Å². The molecule has 1 amide bonds. The zero-order chi connectivity index (χ0) is 22.1. The summed E-state index contributed by atoms with van der Waals surface area (Å²) in [5.74, 6) is 0.420. The third kappa shape index (κ3) is 3.86. The number of benzene rings is 1. The van der Waals surface area contributed by atoms with E-state index in [1.54, 1.807) is 13.3 Å². The van der Waals surface area contributed by atoms with Gasteiger partial charge in [0.15, 0.2) is 5.11 Å². The molecule has 4 rings (SSSR count). The minimum Gasteiger partial charge on any atom is -0.495 e. The van der Waals surface area contributed by atoms with Gasteiger partial charge in [-0.05, 0) is 61.6 Å². The zero-order valence-corrected chi connectivity index (χ0v) is 18.7. The van der Waals surface area contributed by atoms with Gasteiger partial charge >= 0.3 is 0 Å². The maximum absolute atomic E-state index is 11.7. The molecule has 1 saturated heterocycles. The Morgan fingerprint density at radius 3 is 2.65 bits per heavy atom. The highest BCUT2D eigenvalue weighted by Gasteiger charge is 2.42. The van der Waals surface area contributed by atoms with E-state index in [1.807, 2.05) is 36.4 Å². The van der Waals surface area contributed by atoms with E-state index in [2.05, 4.69) is 51.2 Å². The van der Waals surface area contributed by atoms with Crippen LogP contribution < -0.4 is 20.3 Å². The number of amides is 1. The molecular weight excluding hydrogens is 410 g/mol. The van der Waals surface area contributed by atoms with Gasteiger partial charge in [0.1, 0.15) is 11.8 Å². The average molecular weight is 436 g/mol. The van der Waals surface area contributed by atoms with E-state index < -0.39 is 0 Å². The van der Waals surface area contributed by atoms with Gasteiger partial charge in [-0.3, -0.25) is 9.78 Å². The number of nitrogens with zero attached hydrogens (tertiary/aromatic N) is 3. The SMILES string of the molecule is COc1ccc(N2C(=S)N[C@H](c3ccccn3)[C@@H]2c2ccc(C)n2C)cc1NC(C)=O. The standard InChI is InChI=1S/C23H25N5O2S/c1-14-8-10-19(27(14)3)22-21(17-7-5-6-12-24-17)26-23(31)28(22)16-9-11-20(30-4)18(13-16)25-15(2)29/h5-13,21-22H,1-4H3,(H,25,29)(H,26,31)/t21-,22+/m1/s1. The first-order valence-electron chi connectivity index (χ1n) is 9.99. The highest BCUT2D eigenvalue weighted by Crippen LogP contribution is 2.43. The van der Waals surface area contributed by atoms with Gasteiger partial charge in [-0.2, -0.15) is 0 Å². The van der Waals surface area contributed by atoms with Gasteiger partial charge in [0.2, 0.25) is 5.91 Å². The number of pyridine rings is 1. The molecule has 8 heteroatoms. The molecule has 0 spiro atoms. The van der Waals surface area contributed by atoms with E-state index in [-0.39, 0.29) is 18.0 Å². The molecule has 2 aromatic heterocycles. The molecule has 0 saturated carbocycles. The maximum atomic E-state index is 11.7. The second-order valence-corrected chi connectivity index (χ2v) is 7.91. The predicted octanol–water partition coefficient (Wildman–Crippen LogP) is 3.87. The summed E-state index contributed by atoms with van der Waals surface area (Å²) in [4.78, 5) is 18.4. The molecule has 2 atom stereocenters. The topological polar surface area (TPSA) is 71.4 Å². The Bertz CT molecular complexity index is 1130. The lowest BCUT2D eigenvalue weighted by Crippen LogP contribution is -2.30. The van der Waals surface area contributed by atoms with Crippen LogP contribution >= 0.6 is 12.2 Å². The zero-order valence-electron chi connectivity index (χ0n) is 17.9. The van der Waals surface area contributed by atoms with Crippen LogP contribution in [0.3, 0.4) is 0 Å². The third-order valence-corrected chi connectivity index (χ3v) is 5.90. The van der Waals surface area contributed by atoms with E-state index >= 15 is 0 Å². The van der Waals surface area contributed by atoms with Crippen LogP contribution in [0, 0.1) is 6.92 Å². The van der Waals surface area contributed by atoms with Crippen LogP contribution in [0.1, 0.15) is 36.1 Å². The van der Waals surface area contributed by atoms with Gasteiger partial charge in [-0.15, -0.1) is 0 Å². The highest BCUT2D eigenvalue weighted by atomic mass is 32.1. The van der Waals surface area contributed by atoms with Crippen LogP contribution in [0.25, 0.3) is 0 Å². The van der Waals surface area contributed by atoms with Crippen LogP contribution in [0.4, 0.5) is 11.4 Å². The summed E-state index contributed by atoms with van der Waals surface area (Å²) >= 11 is 5.78. The minimum atomic E-state index is -0.168. The van der Waals surface area contributed by atoms with Crippen molar-refractivity contribution in [2.24, 2.45) is 7.05 Å². The Balaban J connectivity index is 1.84. The third-order valence-electron chi connectivity index (χ3n) is 5.58. The molecule has 1 fully saturated rings. The summed E-state index contributed by atoms with van der Waals surface area (Å²) in [5.41, 5.74) is 4.62. The summed E-state index contributed by atoms with van der Waals surface area (Å²) in [6, 6.07) is 15.5. The Morgan fingerprint density at radius 1 is 1.23 bits per heavy atom. The molecular formula is C23H25N5O2S. The number of hydrogen-bond acceptors (Lipinski definition) is 4. The fourth-order valence-corrected chi connectivity index (χ4v) is 4.34. The molecule has 3 heterocycles. The Labute approximate surface area is 187 Å². The summed E-state index contributed by atoms with van der Waals surface area (Å²) in [6.45, 7) is 3.55. The number of rotatable bonds is 5. The van der Waals surface area contributed by atoms with E-state index in [9.17, 15) is 4.79 Å². The highest BCUT2D eigenvalue weighted by molar-refractivity contribution is 7.80. The first-order chi connectivity index (χ1) is 14.9. The number of hydrogen-bond donors (Lipinski definition) is 2. The van der Waals surface area contributed by atoms with Gasteiger partial charge < -0.3 is 24.8 Å². The fraction of sp³-hybridized carbons (Fsp3) is 0.261. The lowest BCUT2D eigenvalue weighted by Gasteiger charge is -2.29. The Kier molecular flexibility index (Phi) is 5.65. The first kappa shape index (κ1) is 20.9. The quantitative estimate of drug-likeness (QED) is 0.593. The summed E-state index contributed by atoms with van der Waals surface area (Å²) in [7, 11) is 3.63. The Morgan fingerprint density at radius 2 is 2.03 bits per heavy atom. The summed E-state index contributed by atoms with van der Waals surface area (Å²) in [6.07, 6.45) is 1.79. The van der Waals surface area contributed by atoms with E-state index in [0.717, 1.165) is 22.8 Å². The number of anilines is 2. The molecule has 0 radical (unpaired) electrons. The van der Waals surface area contributed by atoms with Crippen LogP contribution in [-0.4, -0.2) is 27.7 Å². The number of ether oxygens (including phenoxy) is 1. The lowest BCUT2D eigenvalue weighted by atomic mass is 10.0. The molecule has 1 aromatic carbocycles. The van der Waals surface area contributed by atoms with Crippen molar-refractivity contribution in [3.8, 4) is 5.75 Å². The molecule has 160 valence electrons. The summed E-state index contributed by atoms with van der Waals surface area (Å²) in [5, 5.41) is 6.90. The largest absolute Gasteiger partial charge is 0.495 e. The maximum Gasteiger partial charge on any atom is 0.221 e. The normalized spacial score (nSPS) is 18.1. The molecule has 3 aromatic rings. The van der Waals surface area contributed by atoms with Crippen molar-refractivity contribution in [2.75, 3.05) is 17.3 Å². The monoisotopic (exact) mass is 435 g/mol. The number of methoxy groups -OCH3 is 1. The number of aromatic nitrogens is 2. The minimum absolute atomic E-state index is 0.125. The molecule has 1 aliphatic rings. The molecule has 2 N–H and O–H groups in total.